The van der Waals surface area contributed by atoms with Crippen molar-refractivity contribution in [1.82, 2.24) is 0 Å². The molecule has 1 aliphatic carbocycles. The summed E-state index contributed by atoms with van der Waals surface area (Å²) in [5, 5.41) is 0. The standard InChI is InChI=1S/C18H32O4/c1-4-6-16(19)22-15-10-8-14(9-11-15)18(3)12-20-17(7-5-2)21-13-18/h14-15,17H,4-13H2,1-3H3/t14?,15?,17-,18+. The average Bonchev–Trinajstić information content (AvgIpc) is 2.51. The quantitative estimate of drug-likeness (QED) is 0.694. The van der Waals surface area contributed by atoms with Gasteiger partial charge in [-0.05, 0) is 44.4 Å². The van der Waals surface area contributed by atoms with Gasteiger partial charge in [0.25, 0.3) is 0 Å². The van der Waals surface area contributed by atoms with Crippen molar-refractivity contribution in [3.63, 3.8) is 0 Å². The minimum Gasteiger partial charge on any atom is -0.462 e. The van der Waals surface area contributed by atoms with Gasteiger partial charge < -0.3 is 14.2 Å². The number of esters is 1. The summed E-state index contributed by atoms with van der Waals surface area (Å²) < 4.78 is 17.4. The van der Waals surface area contributed by atoms with Gasteiger partial charge in [-0.15, -0.1) is 0 Å². The zero-order valence-electron chi connectivity index (χ0n) is 14.4. The highest BCUT2D eigenvalue weighted by Gasteiger charge is 2.41. The third-order valence-corrected chi connectivity index (χ3v) is 5.13. The number of hydrogen-bond donors (Lipinski definition) is 0. The Kier molecular flexibility index (Phi) is 6.69. The van der Waals surface area contributed by atoms with Gasteiger partial charge in [-0.2, -0.15) is 0 Å². The van der Waals surface area contributed by atoms with Gasteiger partial charge in [0.05, 0.1) is 13.2 Å². The highest BCUT2D eigenvalue weighted by atomic mass is 16.7. The molecule has 2 aliphatic rings. The molecule has 0 atom stereocenters. The van der Waals surface area contributed by atoms with E-state index in [2.05, 4.69) is 13.8 Å². The van der Waals surface area contributed by atoms with Crippen LogP contribution in [0.25, 0.3) is 0 Å². The first kappa shape index (κ1) is 17.7. The van der Waals surface area contributed by atoms with E-state index in [0.717, 1.165) is 58.2 Å². The molecule has 0 N–H and O–H groups in total. The lowest BCUT2D eigenvalue weighted by molar-refractivity contribution is -0.242. The maximum atomic E-state index is 11.6. The molecule has 0 bridgehead atoms. The van der Waals surface area contributed by atoms with Gasteiger partial charge in [-0.3, -0.25) is 4.79 Å². The third kappa shape index (κ3) is 4.69. The molecule has 1 saturated heterocycles. The van der Waals surface area contributed by atoms with Crippen LogP contribution in [0, 0.1) is 11.3 Å². The van der Waals surface area contributed by atoms with Crippen LogP contribution in [-0.2, 0) is 19.0 Å². The van der Waals surface area contributed by atoms with Crippen molar-refractivity contribution in [3.05, 3.63) is 0 Å². The molecule has 1 heterocycles. The topological polar surface area (TPSA) is 44.8 Å². The van der Waals surface area contributed by atoms with Crippen LogP contribution in [0.15, 0.2) is 0 Å². The first-order chi connectivity index (χ1) is 10.6. The summed E-state index contributed by atoms with van der Waals surface area (Å²) in [7, 11) is 0. The molecular weight excluding hydrogens is 280 g/mol. The van der Waals surface area contributed by atoms with Crippen LogP contribution in [0.3, 0.4) is 0 Å². The highest BCUT2D eigenvalue weighted by molar-refractivity contribution is 5.69. The minimum atomic E-state index is -0.0381. The van der Waals surface area contributed by atoms with Crippen molar-refractivity contribution in [1.29, 1.82) is 0 Å². The van der Waals surface area contributed by atoms with Crippen LogP contribution in [-0.4, -0.2) is 31.6 Å². The van der Waals surface area contributed by atoms with Crippen molar-refractivity contribution in [2.45, 2.75) is 84.5 Å². The van der Waals surface area contributed by atoms with E-state index in [1.54, 1.807) is 0 Å². The molecule has 4 nitrogen and oxygen atoms in total. The van der Waals surface area contributed by atoms with Crippen LogP contribution < -0.4 is 0 Å². The maximum Gasteiger partial charge on any atom is 0.306 e. The van der Waals surface area contributed by atoms with Gasteiger partial charge in [0.15, 0.2) is 6.29 Å². The Bertz CT molecular complexity index is 339. The predicted molar refractivity (Wildman–Crippen MR) is 85.5 cm³/mol. The monoisotopic (exact) mass is 312 g/mol. The van der Waals surface area contributed by atoms with E-state index >= 15 is 0 Å². The van der Waals surface area contributed by atoms with Crippen LogP contribution in [0.1, 0.15) is 72.1 Å². The molecule has 1 saturated carbocycles. The van der Waals surface area contributed by atoms with E-state index < -0.39 is 0 Å². The number of carbonyl (C=O) groups excluding carboxylic acids is 1. The molecule has 0 aromatic heterocycles. The molecule has 1 aliphatic heterocycles. The average molecular weight is 312 g/mol. The molecule has 2 rings (SSSR count). The van der Waals surface area contributed by atoms with Crippen LogP contribution in [0.5, 0.6) is 0 Å². The minimum absolute atomic E-state index is 0.00980. The Hall–Kier alpha value is -0.610. The summed E-state index contributed by atoms with van der Waals surface area (Å²) in [4.78, 5) is 11.6. The van der Waals surface area contributed by atoms with E-state index in [4.69, 9.17) is 14.2 Å². The Balaban J connectivity index is 1.75. The van der Waals surface area contributed by atoms with E-state index in [1.165, 1.54) is 0 Å². The fourth-order valence-corrected chi connectivity index (χ4v) is 3.62. The van der Waals surface area contributed by atoms with Crippen molar-refractivity contribution in [3.8, 4) is 0 Å². The second-order valence-corrected chi connectivity index (χ2v) is 7.21. The summed E-state index contributed by atoms with van der Waals surface area (Å²) in [5.74, 6) is 0.570. The first-order valence-corrected chi connectivity index (χ1v) is 9.00. The summed E-state index contributed by atoms with van der Waals surface area (Å²) in [6.07, 6.45) is 7.75. The van der Waals surface area contributed by atoms with E-state index in [-0.39, 0.29) is 23.8 Å². The van der Waals surface area contributed by atoms with Gasteiger partial charge in [-0.25, -0.2) is 0 Å². The van der Waals surface area contributed by atoms with Crippen molar-refractivity contribution < 1.29 is 19.0 Å². The lowest BCUT2D eigenvalue weighted by Gasteiger charge is -2.45. The molecule has 0 unspecified atom stereocenters. The summed E-state index contributed by atoms with van der Waals surface area (Å²) in [6.45, 7) is 8.03. The second kappa shape index (κ2) is 8.30. The zero-order valence-corrected chi connectivity index (χ0v) is 14.4. The number of rotatable bonds is 6. The number of hydrogen-bond acceptors (Lipinski definition) is 4. The van der Waals surface area contributed by atoms with E-state index in [0.29, 0.717) is 12.3 Å². The van der Waals surface area contributed by atoms with Crippen LogP contribution >= 0.6 is 0 Å². The van der Waals surface area contributed by atoms with Crippen LogP contribution in [0.2, 0.25) is 0 Å². The molecule has 0 spiro atoms. The number of ether oxygens (including phenoxy) is 3. The summed E-state index contributed by atoms with van der Waals surface area (Å²) in [5.41, 5.74) is 0.114. The lowest BCUT2D eigenvalue weighted by Crippen LogP contribution is -2.46. The molecule has 22 heavy (non-hydrogen) atoms. The predicted octanol–water partition coefficient (Wildman–Crippen LogP) is 4.07. The van der Waals surface area contributed by atoms with E-state index in [9.17, 15) is 4.79 Å². The van der Waals surface area contributed by atoms with Crippen molar-refractivity contribution in [2.75, 3.05) is 13.2 Å². The smallest absolute Gasteiger partial charge is 0.306 e. The van der Waals surface area contributed by atoms with Gasteiger partial charge in [0.1, 0.15) is 6.10 Å². The lowest BCUT2D eigenvalue weighted by atomic mass is 9.70. The largest absolute Gasteiger partial charge is 0.462 e. The molecule has 0 amide bonds. The number of carbonyl (C=O) groups is 1. The highest BCUT2D eigenvalue weighted by Crippen LogP contribution is 2.42. The fourth-order valence-electron chi connectivity index (χ4n) is 3.62. The third-order valence-electron chi connectivity index (χ3n) is 5.13. The van der Waals surface area contributed by atoms with E-state index in [1.807, 2.05) is 6.92 Å². The van der Waals surface area contributed by atoms with Gasteiger partial charge in [0, 0.05) is 11.8 Å². The first-order valence-electron chi connectivity index (χ1n) is 9.00. The molecule has 0 radical (unpaired) electrons. The maximum absolute atomic E-state index is 11.6. The molecule has 2 fully saturated rings. The molecule has 128 valence electrons. The second-order valence-electron chi connectivity index (χ2n) is 7.21. The Morgan fingerprint density at radius 3 is 2.27 bits per heavy atom. The molecule has 4 heteroatoms. The summed E-state index contributed by atoms with van der Waals surface area (Å²) >= 11 is 0. The Morgan fingerprint density at radius 1 is 1.09 bits per heavy atom. The van der Waals surface area contributed by atoms with Crippen molar-refractivity contribution >= 4 is 5.97 Å². The normalized spacial score (nSPS) is 36.0. The molecule has 0 aromatic rings. The van der Waals surface area contributed by atoms with Gasteiger partial charge in [-0.1, -0.05) is 27.2 Å². The Labute approximate surface area is 134 Å². The van der Waals surface area contributed by atoms with Gasteiger partial charge in [0.2, 0.25) is 0 Å². The Morgan fingerprint density at radius 2 is 1.73 bits per heavy atom. The SMILES string of the molecule is CCCC(=O)OC1CCC([C@]2(C)CO[C@H](CCC)OC2)CC1. The fraction of sp³-hybridized carbons (Fsp3) is 0.944. The van der Waals surface area contributed by atoms with Crippen molar-refractivity contribution in [2.24, 2.45) is 11.3 Å². The van der Waals surface area contributed by atoms with Gasteiger partial charge >= 0.3 is 5.97 Å². The molecular formula is C18H32O4. The molecule has 0 aromatic carbocycles. The van der Waals surface area contributed by atoms with Crippen LogP contribution in [0.4, 0.5) is 0 Å². The zero-order chi connectivity index (χ0) is 16.0. The summed E-state index contributed by atoms with van der Waals surface area (Å²) in [6, 6.07) is 0.